The quantitative estimate of drug-likeness (QED) is 0.767. The first kappa shape index (κ1) is 18.2. The number of rotatable bonds is 5. The molecule has 2 amide bonds. The predicted octanol–water partition coefficient (Wildman–Crippen LogP) is 3.15. The zero-order valence-corrected chi connectivity index (χ0v) is 14.8. The summed E-state index contributed by atoms with van der Waals surface area (Å²) in [4.78, 5) is 12.5. The van der Waals surface area contributed by atoms with E-state index in [1.165, 1.54) is 0 Å². The standard InChI is InChI=1S/C20H30N2O3/c23-18-8-6-17(7-9-18)21-20(24)22-19(16-4-2-1-3-5-16)14-15-10-12-25-13-11-15/h1-5,15,17-19,23H,6-14H2,(H2,21,22,24)/t17?,18?,19-/m0/s1. The van der Waals surface area contributed by atoms with Crippen LogP contribution in [0.3, 0.4) is 0 Å². The number of ether oxygens (including phenoxy) is 1. The number of nitrogens with one attached hydrogen (secondary N) is 2. The van der Waals surface area contributed by atoms with Crippen molar-refractivity contribution in [2.45, 2.75) is 63.1 Å². The van der Waals surface area contributed by atoms with E-state index < -0.39 is 0 Å². The number of amides is 2. The molecule has 138 valence electrons. The van der Waals surface area contributed by atoms with Crippen LogP contribution in [0, 0.1) is 5.92 Å². The van der Waals surface area contributed by atoms with E-state index in [9.17, 15) is 9.90 Å². The molecule has 0 spiro atoms. The molecular weight excluding hydrogens is 316 g/mol. The molecule has 1 aliphatic carbocycles. The Morgan fingerprint density at radius 1 is 1.08 bits per heavy atom. The van der Waals surface area contributed by atoms with Crippen LogP contribution in [-0.4, -0.2) is 36.5 Å². The average molecular weight is 346 g/mol. The summed E-state index contributed by atoms with van der Waals surface area (Å²) in [5.74, 6) is 0.587. The molecule has 5 heteroatoms. The van der Waals surface area contributed by atoms with Gasteiger partial charge < -0.3 is 20.5 Å². The van der Waals surface area contributed by atoms with Crippen molar-refractivity contribution in [2.24, 2.45) is 5.92 Å². The second-order valence-electron chi connectivity index (χ2n) is 7.38. The van der Waals surface area contributed by atoms with E-state index in [1.54, 1.807) is 0 Å². The van der Waals surface area contributed by atoms with Gasteiger partial charge in [0.2, 0.25) is 0 Å². The molecule has 1 atom stereocenters. The third-order valence-electron chi connectivity index (χ3n) is 5.45. The van der Waals surface area contributed by atoms with Crippen molar-refractivity contribution >= 4 is 6.03 Å². The summed E-state index contributed by atoms with van der Waals surface area (Å²) in [7, 11) is 0. The van der Waals surface area contributed by atoms with Crippen molar-refractivity contribution in [3.8, 4) is 0 Å². The molecule has 2 aliphatic rings. The Balaban J connectivity index is 1.57. The minimum Gasteiger partial charge on any atom is -0.393 e. The highest BCUT2D eigenvalue weighted by Crippen LogP contribution is 2.27. The van der Waals surface area contributed by atoms with Gasteiger partial charge in [0.1, 0.15) is 0 Å². The van der Waals surface area contributed by atoms with Crippen LogP contribution in [0.1, 0.15) is 56.6 Å². The lowest BCUT2D eigenvalue weighted by molar-refractivity contribution is 0.0608. The van der Waals surface area contributed by atoms with Gasteiger partial charge in [-0.1, -0.05) is 30.3 Å². The molecular formula is C20H30N2O3. The highest BCUT2D eigenvalue weighted by atomic mass is 16.5. The second-order valence-corrected chi connectivity index (χ2v) is 7.38. The lowest BCUT2D eigenvalue weighted by Gasteiger charge is -2.30. The van der Waals surface area contributed by atoms with Crippen molar-refractivity contribution in [3.63, 3.8) is 0 Å². The molecule has 0 radical (unpaired) electrons. The van der Waals surface area contributed by atoms with E-state index in [2.05, 4.69) is 22.8 Å². The maximum atomic E-state index is 12.5. The summed E-state index contributed by atoms with van der Waals surface area (Å²) in [6, 6.07) is 10.3. The number of carbonyl (C=O) groups is 1. The van der Waals surface area contributed by atoms with E-state index in [4.69, 9.17) is 4.74 Å². The van der Waals surface area contributed by atoms with Gasteiger partial charge in [0, 0.05) is 19.3 Å². The molecule has 5 nitrogen and oxygen atoms in total. The van der Waals surface area contributed by atoms with Gasteiger partial charge in [-0.25, -0.2) is 4.79 Å². The minimum absolute atomic E-state index is 0.0264. The Morgan fingerprint density at radius 2 is 1.76 bits per heavy atom. The number of aliphatic hydroxyl groups excluding tert-OH is 1. The Bertz CT molecular complexity index is 523. The molecule has 0 unspecified atom stereocenters. The maximum Gasteiger partial charge on any atom is 0.315 e. The van der Waals surface area contributed by atoms with Gasteiger partial charge in [0.05, 0.1) is 12.1 Å². The fourth-order valence-electron chi connectivity index (χ4n) is 3.88. The molecule has 3 rings (SSSR count). The van der Waals surface area contributed by atoms with Crippen LogP contribution in [0.5, 0.6) is 0 Å². The van der Waals surface area contributed by atoms with Gasteiger partial charge in [-0.3, -0.25) is 0 Å². The molecule has 1 aliphatic heterocycles. The van der Waals surface area contributed by atoms with E-state index in [-0.39, 0.29) is 24.2 Å². The summed E-state index contributed by atoms with van der Waals surface area (Å²) in [6.45, 7) is 1.64. The van der Waals surface area contributed by atoms with E-state index in [1.807, 2.05) is 18.2 Å². The fourth-order valence-corrected chi connectivity index (χ4v) is 3.88. The summed E-state index contributed by atoms with van der Waals surface area (Å²) in [5.41, 5.74) is 1.16. The first-order valence-electron chi connectivity index (χ1n) is 9.58. The third-order valence-corrected chi connectivity index (χ3v) is 5.45. The zero-order chi connectivity index (χ0) is 17.5. The lowest BCUT2D eigenvalue weighted by Crippen LogP contribution is -2.45. The van der Waals surface area contributed by atoms with Crippen molar-refractivity contribution in [1.82, 2.24) is 10.6 Å². The van der Waals surface area contributed by atoms with Crippen molar-refractivity contribution < 1.29 is 14.6 Å². The van der Waals surface area contributed by atoms with Crippen LogP contribution in [-0.2, 0) is 4.74 Å². The lowest BCUT2D eigenvalue weighted by atomic mass is 9.89. The molecule has 1 heterocycles. The van der Waals surface area contributed by atoms with Gasteiger partial charge in [0.25, 0.3) is 0 Å². The van der Waals surface area contributed by atoms with Crippen LogP contribution >= 0.6 is 0 Å². The smallest absolute Gasteiger partial charge is 0.315 e. The molecule has 0 aromatic heterocycles. The summed E-state index contributed by atoms with van der Waals surface area (Å²) >= 11 is 0. The minimum atomic E-state index is -0.202. The number of carbonyl (C=O) groups excluding carboxylic acids is 1. The Morgan fingerprint density at radius 3 is 2.44 bits per heavy atom. The van der Waals surface area contributed by atoms with Gasteiger partial charge in [-0.05, 0) is 56.4 Å². The van der Waals surface area contributed by atoms with Crippen LogP contribution in [0.4, 0.5) is 4.79 Å². The fraction of sp³-hybridized carbons (Fsp3) is 0.650. The number of hydrogen-bond acceptors (Lipinski definition) is 3. The van der Waals surface area contributed by atoms with E-state index in [0.29, 0.717) is 5.92 Å². The largest absolute Gasteiger partial charge is 0.393 e. The van der Waals surface area contributed by atoms with Crippen LogP contribution in [0.15, 0.2) is 30.3 Å². The molecule has 1 saturated heterocycles. The van der Waals surface area contributed by atoms with Crippen molar-refractivity contribution in [3.05, 3.63) is 35.9 Å². The molecule has 1 aromatic carbocycles. The average Bonchev–Trinajstić information content (AvgIpc) is 2.65. The summed E-state index contributed by atoms with van der Waals surface area (Å²) < 4.78 is 5.46. The van der Waals surface area contributed by atoms with Gasteiger partial charge in [-0.2, -0.15) is 0 Å². The maximum absolute atomic E-state index is 12.5. The zero-order valence-electron chi connectivity index (χ0n) is 14.8. The number of benzene rings is 1. The SMILES string of the molecule is O=C(NC1CCC(O)CC1)N[C@@H](CC1CCOCC1)c1ccccc1. The van der Waals surface area contributed by atoms with Crippen LogP contribution in [0.25, 0.3) is 0 Å². The Hall–Kier alpha value is -1.59. The second kappa shape index (κ2) is 9.20. The predicted molar refractivity (Wildman–Crippen MR) is 97.3 cm³/mol. The third kappa shape index (κ3) is 5.72. The van der Waals surface area contributed by atoms with Crippen molar-refractivity contribution in [2.75, 3.05) is 13.2 Å². The number of aliphatic hydroxyl groups is 1. The number of hydrogen-bond donors (Lipinski definition) is 3. The summed E-state index contributed by atoms with van der Waals surface area (Å²) in [5, 5.41) is 15.9. The molecule has 1 saturated carbocycles. The highest BCUT2D eigenvalue weighted by Gasteiger charge is 2.24. The van der Waals surface area contributed by atoms with Gasteiger partial charge in [0.15, 0.2) is 0 Å². The molecule has 1 aromatic rings. The number of urea groups is 1. The van der Waals surface area contributed by atoms with Crippen molar-refractivity contribution in [1.29, 1.82) is 0 Å². The topological polar surface area (TPSA) is 70.6 Å². The highest BCUT2D eigenvalue weighted by molar-refractivity contribution is 5.74. The van der Waals surface area contributed by atoms with Gasteiger partial charge >= 0.3 is 6.03 Å². The molecule has 2 fully saturated rings. The van der Waals surface area contributed by atoms with Crippen LogP contribution < -0.4 is 10.6 Å². The normalized spacial score (nSPS) is 26.0. The monoisotopic (exact) mass is 346 g/mol. The van der Waals surface area contributed by atoms with E-state index >= 15 is 0 Å². The van der Waals surface area contributed by atoms with E-state index in [0.717, 1.165) is 63.7 Å². The molecule has 3 N–H and O–H groups in total. The first-order chi connectivity index (χ1) is 12.2. The summed E-state index contributed by atoms with van der Waals surface area (Å²) in [6.07, 6.45) is 6.12. The Labute approximate surface area is 150 Å². The molecule has 0 bridgehead atoms. The van der Waals surface area contributed by atoms with Gasteiger partial charge in [-0.15, -0.1) is 0 Å². The van der Waals surface area contributed by atoms with Crippen LogP contribution in [0.2, 0.25) is 0 Å². The molecule has 25 heavy (non-hydrogen) atoms. The Kier molecular flexibility index (Phi) is 6.70. The first-order valence-corrected chi connectivity index (χ1v) is 9.58.